The predicted molar refractivity (Wildman–Crippen MR) is 111 cm³/mol. The van der Waals surface area contributed by atoms with Gasteiger partial charge in [0.1, 0.15) is 0 Å². The molecule has 1 aliphatic rings. The first-order valence-corrected chi connectivity index (χ1v) is 10.1. The van der Waals surface area contributed by atoms with E-state index in [0.717, 1.165) is 42.7 Å². The van der Waals surface area contributed by atoms with E-state index in [1.807, 2.05) is 37.8 Å². The number of aryl methyl sites for hydroxylation is 1. The Bertz CT molecular complexity index is 675. The number of rotatable bonds is 4. The van der Waals surface area contributed by atoms with Gasteiger partial charge in [-0.05, 0) is 50.2 Å². The highest BCUT2D eigenvalue weighted by Crippen LogP contribution is 2.32. The van der Waals surface area contributed by atoms with Crippen LogP contribution >= 0.6 is 0 Å². The van der Waals surface area contributed by atoms with Gasteiger partial charge in [0.05, 0.1) is 5.92 Å². The van der Waals surface area contributed by atoms with E-state index in [-0.39, 0.29) is 23.3 Å². The van der Waals surface area contributed by atoms with Gasteiger partial charge in [0.25, 0.3) is 0 Å². The van der Waals surface area contributed by atoms with Crippen LogP contribution in [-0.2, 0) is 10.2 Å². The summed E-state index contributed by atoms with van der Waals surface area (Å²) in [6.45, 7) is 15.1. The second-order valence-corrected chi connectivity index (χ2v) is 8.47. The number of hydrogen-bond donors (Lipinski definition) is 1. The number of anilines is 1. The van der Waals surface area contributed by atoms with Crippen LogP contribution in [0.1, 0.15) is 58.6 Å². The lowest BCUT2D eigenvalue weighted by Crippen LogP contribution is -2.48. The molecule has 5 heteroatoms. The van der Waals surface area contributed by atoms with Crippen LogP contribution in [-0.4, -0.2) is 47.9 Å². The molecule has 1 fully saturated rings. The van der Waals surface area contributed by atoms with Gasteiger partial charge in [0.15, 0.2) is 0 Å². The van der Waals surface area contributed by atoms with Crippen molar-refractivity contribution >= 4 is 17.6 Å². The van der Waals surface area contributed by atoms with E-state index in [4.69, 9.17) is 0 Å². The first kappa shape index (κ1) is 21.3. The van der Waals surface area contributed by atoms with E-state index in [1.165, 1.54) is 0 Å². The average Bonchev–Trinajstić information content (AvgIpc) is 2.63. The second-order valence-electron chi connectivity index (χ2n) is 8.47. The van der Waals surface area contributed by atoms with Gasteiger partial charge in [0, 0.05) is 31.9 Å². The summed E-state index contributed by atoms with van der Waals surface area (Å²) in [4.78, 5) is 29.3. The fourth-order valence-electron chi connectivity index (χ4n) is 3.80. The highest BCUT2D eigenvalue weighted by Gasteiger charge is 2.31. The first-order valence-electron chi connectivity index (χ1n) is 10.1. The SMILES string of the molecule is CCN(CC)C(=O)C1CCCN(C(=O)Nc2c(C)cccc2C(C)(C)C)C1. The fraction of sp³-hybridized carbons (Fsp3) is 0.636. The highest BCUT2D eigenvalue weighted by atomic mass is 16.2. The number of para-hydroxylation sites is 1. The quantitative estimate of drug-likeness (QED) is 0.850. The van der Waals surface area contributed by atoms with E-state index >= 15 is 0 Å². The monoisotopic (exact) mass is 373 g/mol. The zero-order chi connectivity index (χ0) is 20.2. The second kappa shape index (κ2) is 8.77. The minimum Gasteiger partial charge on any atom is -0.343 e. The lowest BCUT2D eigenvalue weighted by atomic mass is 9.84. The van der Waals surface area contributed by atoms with Crippen molar-refractivity contribution < 1.29 is 9.59 Å². The van der Waals surface area contributed by atoms with Crippen LogP contribution in [0, 0.1) is 12.8 Å². The highest BCUT2D eigenvalue weighted by molar-refractivity contribution is 5.92. The van der Waals surface area contributed by atoms with Crippen molar-refractivity contribution in [2.24, 2.45) is 5.92 Å². The van der Waals surface area contributed by atoms with Gasteiger partial charge in [-0.1, -0.05) is 39.0 Å². The Balaban J connectivity index is 2.14. The van der Waals surface area contributed by atoms with Gasteiger partial charge in [-0.15, -0.1) is 0 Å². The maximum atomic E-state index is 13.0. The van der Waals surface area contributed by atoms with E-state index in [0.29, 0.717) is 13.1 Å². The summed E-state index contributed by atoms with van der Waals surface area (Å²) in [5.74, 6) is 0.0760. The van der Waals surface area contributed by atoms with Gasteiger partial charge < -0.3 is 15.1 Å². The normalized spacial score (nSPS) is 17.6. The molecule has 1 unspecified atom stereocenters. The molecule has 150 valence electrons. The molecule has 1 aromatic carbocycles. The van der Waals surface area contributed by atoms with Crippen molar-refractivity contribution in [2.75, 3.05) is 31.5 Å². The van der Waals surface area contributed by atoms with Crippen molar-refractivity contribution in [1.29, 1.82) is 0 Å². The number of urea groups is 1. The molecule has 1 atom stereocenters. The third-order valence-corrected chi connectivity index (χ3v) is 5.45. The van der Waals surface area contributed by atoms with Crippen LogP contribution in [0.25, 0.3) is 0 Å². The van der Waals surface area contributed by atoms with Crippen molar-refractivity contribution in [3.63, 3.8) is 0 Å². The molecule has 0 bridgehead atoms. The summed E-state index contributed by atoms with van der Waals surface area (Å²) in [6, 6.07) is 6.02. The summed E-state index contributed by atoms with van der Waals surface area (Å²) >= 11 is 0. The van der Waals surface area contributed by atoms with Crippen LogP contribution in [0.5, 0.6) is 0 Å². The molecule has 0 saturated carbocycles. The lowest BCUT2D eigenvalue weighted by Gasteiger charge is -2.35. The third kappa shape index (κ3) is 5.02. The molecule has 3 amide bonds. The topological polar surface area (TPSA) is 52.7 Å². The number of hydrogen-bond acceptors (Lipinski definition) is 2. The number of likely N-dealkylation sites (tertiary alicyclic amines) is 1. The molecule has 1 aliphatic heterocycles. The van der Waals surface area contributed by atoms with Crippen molar-refractivity contribution in [1.82, 2.24) is 9.80 Å². The number of carbonyl (C=O) groups excluding carboxylic acids is 2. The van der Waals surface area contributed by atoms with Crippen molar-refractivity contribution in [2.45, 2.75) is 59.8 Å². The summed E-state index contributed by atoms with van der Waals surface area (Å²) in [7, 11) is 0. The van der Waals surface area contributed by atoms with Gasteiger partial charge in [0.2, 0.25) is 5.91 Å². The number of carbonyl (C=O) groups is 2. The molecule has 2 rings (SSSR count). The average molecular weight is 374 g/mol. The molecule has 1 saturated heterocycles. The Hall–Kier alpha value is -2.04. The summed E-state index contributed by atoms with van der Waals surface area (Å²) < 4.78 is 0. The fourth-order valence-corrected chi connectivity index (χ4v) is 3.80. The van der Waals surface area contributed by atoms with Gasteiger partial charge in [-0.25, -0.2) is 4.79 Å². The largest absolute Gasteiger partial charge is 0.343 e. The molecule has 0 radical (unpaired) electrons. The zero-order valence-corrected chi connectivity index (χ0v) is 17.8. The number of benzene rings is 1. The Kier molecular flexibility index (Phi) is 6.90. The van der Waals surface area contributed by atoms with E-state index in [9.17, 15) is 9.59 Å². The third-order valence-electron chi connectivity index (χ3n) is 5.45. The molecule has 5 nitrogen and oxygen atoms in total. The van der Waals surface area contributed by atoms with Crippen LogP contribution in [0.2, 0.25) is 0 Å². The first-order chi connectivity index (χ1) is 12.7. The number of nitrogens with one attached hydrogen (secondary N) is 1. The zero-order valence-electron chi connectivity index (χ0n) is 17.8. The summed E-state index contributed by atoms with van der Waals surface area (Å²) in [6.07, 6.45) is 1.72. The van der Waals surface area contributed by atoms with E-state index in [2.05, 4.69) is 32.2 Å². The maximum absolute atomic E-state index is 13.0. The Morgan fingerprint density at radius 1 is 1.22 bits per heavy atom. The smallest absolute Gasteiger partial charge is 0.321 e. The van der Waals surface area contributed by atoms with Crippen LogP contribution in [0.3, 0.4) is 0 Å². The lowest BCUT2D eigenvalue weighted by molar-refractivity contribution is -0.136. The molecule has 1 N–H and O–H groups in total. The van der Waals surface area contributed by atoms with Crippen molar-refractivity contribution in [3.8, 4) is 0 Å². The van der Waals surface area contributed by atoms with Crippen LogP contribution < -0.4 is 5.32 Å². The molecule has 1 heterocycles. The number of amides is 3. The van der Waals surface area contributed by atoms with Gasteiger partial charge in [-0.2, -0.15) is 0 Å². The summed E-state index contributed by atoms with van der Waals surface area (Å²) in [5, 5.41) is 3.13. The molecule has 0 aliphatic carbocycles. The molecule has 1 aromatic rings. The van der Waals surface area contributed by atoms with Gasteiger partial charge >= 0.3 is 6.03 Å². The molecular formula is C22H35N3O2. The van der Waals surface area contributed by atoms with E-state index < -0.39 is 0 Å². The number of nitrogens with zero attached hydrogens (tertiary/aromatic N) is 2. The minimum absolute atomic E-state index is 0.0578. The molecule has 27 heavy (non-hydrogen) atoms. The Morgan fingerprint density at radius 3 is 2.48 bits per heavy atom. The Labute approximate surface area is 164 Å². The molecule has 0 aromatic heterocycles. The van der Waals surface area contributed by atoms with Crippen LogP contribution in [0.15, 0.2) is 18.2 Å². The molecular weight excluding hydrogens is 338 g/mol. The summed E-state index contributed by atoms with van der Waals surface area (Å²) in [5.41, 5.74) is 3.02. The van der Waals surface area contributed by atoms with E-state index in [1.54, 1.807) is 4.90 Å². The van der Waals surface area contributed by atoms with Gasteiger partial charge in [-0.3, -0.25) is 4.79 Å². The van der Waals surface area contributed by atoms with Crippen molar-refractivity contribution in [3.05, 3.63) is 29.3 Å². The number of piperidine rings is 1. The molecule has 0 spiro atoms. The minimum atomic E-state index is -0.105. The van der Waals surface area contributed by atoms with Crippen LogP contribution in [0.4, 0.5) is 10.5 Å². The Morgan fingerprint density at radius 2 is 1.89 bits per heavy atom. The standard InChI is InChI=1S/C22H35N3O2/c1-7-24(8-2)20(26)17-12-10-14-25(15-17)21(27)23-19-16(3)11-9-13-18(19)22(4,5)6/h9,11,13,17H,7-8,10,12,14-15H2,1-6H3,(H,23,27). The maximum Gasteiger partial charge on any atom is 0.321 e. The predicted octanol–water partition coefficient (Wildman–Crippen LogP) is 4.40.